The van der Waals surface area contributed by atoms with E-state index < -0.39 is 52.9 Å². The molecule has 1 unspecified atom stereocenters. The molecule has 4 aromatic rings. The van der Waals surface area contributed by atoms with Crippen LogP contribution in [0.25, 0.3) is 21.5 Å². The van der Waals surface area contributed by atoms with E-state index in [4.69, 9.17) is 16.2 Å². The Morgan fingerprint density at radius 1 is 1.15 bits per heavy atom. The maximum Gasteiger partial charge on any atom is 0.424 e. The first-order chi connectivity index (χ1) is 19.1. The highest BCUT2D eigenvalue weighted by molar-refractivity contribution is 7.22. The molecule has 0 spiro atoms. The van der Waals surface area contributed by atoms with E-state index in [0.717, 1.165) is 35.6 Å². The van der Waals surface area contributed by atoms with Crippen LogP contribution in [0.5, 0.6) is 5.75 Å². The molecule has 6 N–H and O–H groups in total. The van der Waals surface area contributed by atoms with Crippen molar-refractivity contribution in [3.63, 3.8) is 0 Å². The number of rotatable bonds is 6. The molecule has 214 valence electrons. The monoisotopic (exact) mass is 593 g/mol. The zero-order valence-corrected chi connectivity index (χ0v) is 21.8. The molecular formula is C26H20F5N5O4S. The third kappa shape index (κ3) is 4.70. The second kappa shape index (κ2) is 9.62. The fourth-order valence-corrected chi connectivity index (χ4v) is 5.17. The van der Waals surface area contributed by atoms with Crippen LogP contribution >= 0.6 is 11.3 Å². The average Bonchev–Trinajstić information content (AvgIpc) is 3.46. The first-order valence-electron chi connectivity index (χ1n) is 11.8. The number of primary amides is 1. The Labute approximate surface area is 232 Å². The highest BCUT2D eigenvalue weighted by Gasteiger charge is 2.57. The largest absolute Gasteiger partial charge is 0.489 e. The van der Waals surface area contributed by atoms with Gasteiger partial charge in [0, 0.05) is 16.7 Å². The van der Waals surface area contributed by atoms with Gasteiger partial charge >= 0.3 is 6.18 Å². The van der Waals surface area contributed by atoms with Crippen LogP contribution in [-0.2, 0) is 15.8 Å². The summed E-state index contributed by atoms with van der Waals surface area (Å²) in [7, 11) is 0. The van der Waals surface area contributed by atoms with E-state index in [9.17, 15) is 36.6 Å². The molecule has 1 aliphatic heterocycles. The van der Waals surface area contributed by atoms with E-state index in [0.29, 0.717) is 0 Å². The number of alkyl halides is 3. The van der Waals surface area contributed by atoms with Crippen molar-refractivity contribution >= 4 is 38.5 Å². The van der Waals surface area contributed by atoms with Crippen molar-refractivity contribution in [2.24, 2.45) is 5.73 Å². The first kappa shape index (κ1) is 28.2. The van der Waals surface area contributed by atoms with Gasteiger partial charge in [-0.3, -0.25) is 9.59 Å². The van der Waals surface area contributed by atoms with Crippen LogP contribution in [0.4, 0.5) is 27.1 Å². The summed E-state index contributed by atoms with van der Waals surface area (Å²) in [6, 6.07) is 7.37. The van der Waals surface area contributed by atoms with Crippen LogP contribution in [0.3, 0.4) is 0 Å². The lowest BCUT2D eigenvalue weighted by Gasteiger charge is -2.31. The summed E-state index contributed by atoms with van der Waals surface area (Å²) in [4.78, 5) is 32.9. The third-order valence-electron chi connectivity index (χ3n) is 6.86. The number of hydrogen-bond donors (Lipinski definition) is 4. The number of pyridine rings is 1. The standard InChI is InChI=1S/C26H20F5N5O4S/c1-24(22(32)38)10-40-20-14(24)8-17(35-18(20)11-2-4-13(27)5-3-11)25(39,26(29,30)31)9-34-21(37)12-6-15(28)19-16(7-12)41-23(33)36-19/h2-8,39H,9-10H2,1H3,(H2,32,38)(H2,33,36)(H,34,37)/t24-,25?/m0/s1. The predicted octanol–water partition coefficient (Wildman–Crippen LogP) is 3.53. The predicted molar refractivity (Wildman–Crippen MR) is 138 cm³/mol. The van der Waals surface area contributed by atoms with Gasteiger partial charge < -0.3 is 26.6 Å². The number of nitrogens with one attached hydrogen (secondary N) is 1. The van der Waals surface area contributed by atoms with Crippen molar-refractivity contribution in [3.8, 4) is 17.0 Å². The van der Waals surface area contributed by atoms with Gasteiger partial charge in [0.05, 0.1) is 16.9 Å². The summed E-state index contributed by atoms with van der Waals surface area (Å²) in [5, 5.41) is 13.1. The van der Waals surface area contributed by atoms with E-state index >= 15 is 0 Å². The van der Waals surface area contributed by atoms with Crippen LogP contribution in [0.15, 0.2) is 42.5 Å². The molecule has 0 aliphatic carbocycles. The molecule has 41 heavy (non-hydrogen) atoms. The molecule has 2 aromatic heterocycles. The number of ether oxygens (including phenoxy) is 1. The van der Waals surface area contributed by atoms with Crippen molar-refractivity contribution in [3.05, 3.63) is 70.9 Å². The second-order valence-electron chi connectivity index (χ2n) is 9.62. The number of thiazole rings is 1. The van der Waals surface area contributed by atoms with Gasteiger partial charge in [0.1, 0.15) is 34.8 Å². The first-order valence-corrected chi connectivity index (χ1v) is 12.6. The van der Waals surface area contributed by atoms with E-state index in [1.807, 2.05) is 5.32 Å². The minimum absolute atomic E-state index is 0.0227. The number of nitrogen functional groups attached to an aromatic ring is 1. The number of carbonyl (C=O) groups is 2. The molecule has 0 fully saturated rings. The Kier molecular flexibility index (Phi) is 6.61. The SMILES string of the molecule is C[C@]1(C(N)=O)COc2c1cc(C(O)(CNC(=O)c1cc(F)c3nc(N)sc3c1)C(F)(F)F)nc2-c1ccc(F)cc1. The van der Waals surface area contributed by atoms with E-state index in [-0.39, 0.29) is 50.1 Å². The molecule has 2 aromatic carbocycles. The van der Waals surface area contributed by atoms with Crippen LogP contribution in [-0.4, -0.2) is 46.2 Å². The van der Waals surface area contributed by atoms with Gasteiger partial charge in [-0.2, -0.15) is 13.2 Å². The van der Waals surface area contributed by atoms with Crippen LogP contribution in [0.1, 0.15) is 28.5 Å². The summed E-state index contributed by atoms with van der Waals surface area (Å²) in [6.45, 7) is -0.415. The molecule has 0 saturated heterocycles. The summed E-state index contributed by atoms with van der Waals surface area (Å²) in [5.74, 6) is -3.66. The minimum Gasteiger partial charge on any atom is -0.489 e. The molecule has 5 rings (SSSR count). The fraction of sp³-hybridized carbons (Fsp3) is 0.231. The third-order valence-corrected chi connectivity index (χ3v) is 7.69. The van der Waals surface area contributed by atoms with Crippen molar-refractivity contribution in [2.75, 3.05) is 18.9 Å². The Balaban J connectivity index is 1.59. The Bertz CT molecular complexity index is 1710. The summed E-state index contributed by atoms with van der Waals surface area (Å²) < 4.78 is 77.4. The number of fused-ring (bicyclic) bond motifs is 2. The highest BCUT2D eigenvalue weighted by Crippen LogP contribution is 2.47. The number of aliphatic hydroxyl groups is 1. The van der Waals surface area contributed by atoms with Crippen molar-refractivity contribution in [1.82, 2.24) is 15.3 Å². The average molecular weight is 594 g/mol. The highest BCUT2D eigenvalue weighted by atomic mass is 32.1. The number of benzene rings is 2. The molecule has 2 atom stereocenters. The van der Waals surface area contributed by atoms with Crippen molar-refractivity contribution in [1.29, 1.82) is 0 Å². The van der Waals surface area contributed by atoms with Gasteiger partial charge in [-0.05, 0) is 49.4 Å². The van der Waals surface area contributed by atoms with E-state index in [1.54, 1.807) is 0 Å². The molecule has 15 heteroatoms. The lowest BCUT2D eigenvalue weighted by molar-refractivity contribution is -0.265. The maximum atomic E-state index is 14.5. The quantitative estimate of drug-likeness (QED) is 0.250. The zero-order chi connectivity index (χ0) is 29.9. The zero-order valence-electron chi connectivity index (χ0n) is 21.0. The van der Waals surface area contributed by atoms with Gasteiger partial charge in [0.15, 0.2) is 10.9 Å². The van der Waals surface area contributed by atoms with E-state index in [2.05, 4.69) is 9.97 Å². The number of nitrogens with two attached hydrogens (primary N) is 2. The molecule has 0 radical (unpaired) electrons. The number of nitrogens with zero attached hydrogens (tertiary/aromatic N) is 2. The number of hydrogen-bond acceptors (Lipinski definition) is 8. The van der Waals surface area contributed by atoms with Gasteiger partial charge in [-0.25, -0.2) is 18.7 Å². The van der Waals surface area contributed by atoms with Crippen molar-refractivity contribution < 1.29 is 41.4 Å². The second-order valence-corrected chi connectivity index (χ2v) is 10.7. The maximum absolute atomic E-state index is 14.5. The van der Waals surface area contributed by atoms with Gasteiger partial charge in [-0.1, -0.05) is 11.3 Å². The number of aromatic nitrogens is 2. The molecule has 0 bridgehead atoms. The summed E-state index contributed by atoms with van der Waals surface area (Å²) in [6.07, 6.45) is -5.41. The number of amides is 2. The Morgan fingerprint density at radius 3 is 2.46 bits per heavy atom. The van der Waals surface area contributed by atoms with Gasteiger partial charge in [0.25, 0.3) is 5.91 Å². The van der Waals surface area contributed by atoms with Crippen LogP contribution < -0.4 is 21.5 Å². The molecule has 0 saturated carbocycles. The van der Waals surface area contributed by atoms with Gasteiger partial charge in [0.2, 0.25) is 11.5 Å². The van der Waals surface area contributed by atoms with E-state index in [1.165, 1.54) is 25.1 Å². The molecule has 1 aliphatic rings. The number of anilines is 1. The molecule has 3 heterocycles. The lowest BCUT2D eigenvalue weighted by Crippen LogP contribution is -2.51. The lowest BCUT2D eigenvalue weighted by atomic mass is 9.81. The van der Waals surface area contributed by atoms with Gasteiger partial charge in [-0.15, -0.1) is 0 Å². The number of halogens is 5. The Hall–Kier alpha value is -4.37. The number of carbonyl (C=O) groups excluding carboxylic acids is 2. The van der Waals surface area contributed by atoms with Crippen LogP contribution in [0.2, 0.25) is 0 Å². The fourth-order valence-electron chi connectivity index (χ4n) is 4.39. The minimum atomic E-state index is -5.41. The normalized spacial score (nSPS) is 18.0. The summed E-state index contributed by atoms with van der Waals surface area (Å²) >= 11 is 0.871. The molecule has 2 amide bonds. The van der Waals surface area contributed by atoms with Crippen LogP contribution in [0, 0.1) is 11.6 Å². The molecular weight excluding hydrogens is 573 g/mol. The Morgan fingerprint density at radius 2 is 1.83 bits per heavy atom. The smallest absolute Gasteiger partial charge is 0.424 e. The summed E-state index contributed by atoms with van der Waals surface area (Å²) in [5.41, 5.74) is 4.11. The molecule has 9 nitrogen and oxygen atoms in total. The van der Waals surface area contributed by atoms with Crippen molar-refractivity contribution in [2.45, 2.75) is 24.1 Å². The topological polar surface area (TPSA) is 153 Å².